The summed E-state index contributed by atoms with van der Waals surface area (Å²) in [6.45, 7) is -0.958. The normalized spacial score (nSPS) is 14.7. The second kappa shape index (κ2) is 13.3. The number of hydrogen-bond acceptors (Lipinski definition) is 11. The molecular formula is C5H21N6O8P. The van der Waals surface area contributed by atoms with Crippen LogP contribution in [0.15, 0.2) is 0 Å². The monoisotopic (exact) mass is 324 g/mol. The summed E-state index contributed by atoms with van der Waals surface area (Å²) in [4.78, 5) is 27.3. The van der Waals surface area contributed by atoms with Gasteiger partial charge in [-0.1, -0.05) is 0 Å². The van der Waals surface area contributed by atoms with E-state index in [0.29, 0.717) is 0 Å². The van der Waals surface area contributed by atoms with Crippen molar-refractivity contribution in [2.45, 2.75) is 18.3 Å². The molecule has 14 nitrogen and oxygen atoms in total. The number of carbonyl (C=O) groups is 1. The zero-order valence-corrected chi connectivity index (χ0v) is 11.1. The first kappa shape index (κ1) is 24.3. The molecule has 20 heavy (non-hydrogen) atoms. The van der Waals surface area contributed by atoms with E-state index in [9.17, 15) is 9.36 Å². The lowest BCUT2D eigenvalue weighted by Crippen LogP contribution is -2.50. The fraction of sp³-hybridized carbons (Fsp3) is 0.800. The number of nitrogens with two attached hydrogens (primary N) is 5. The molecule has 3 atom stereocenters. The van der Waals surface area contributed by atoms with Gasteiger partial charge in [0.1, 0.15) is 12.2 Å². The number of nitrogens with one attached hydrogen (secondary N) is 1. The molecule has 0 saturated heterocycles. The van der Waals surface area contributed by atoms with Crippen molar-refractivity contribution in [1.82, 2.24) is 5.43 Å². The Balaban J connectivity index is -0.000000656. The zero-order valence-electron chi connectivity index (χ0n) is 10.2. The number of aliphatic hydroxyl groups excluding tert-OH is 3. The number of phosphoric ester groups is 1. The lowest BCUT2D eigenvalue weighted by atomic mass is 10.1. The maximum absolute atomic E-state index is 10.7. The van der Waals surface area contributed by atoms with Crippen molar-refractivity contribution in [2.24, 2.45) is 29.2 Å². The molecule has 0 aromatic heterocycles. The van der Waals surface area contributed by atoms with E-state index in [0.717, 1.165) is 0 Å². The summed E-state index contributed by atoms with van der Waals surface area (Å²) in [7, 11) is -4.80. The molecule has 0 aromatic carbocycles. The van der Waals surface area contributed by atoms with Gasteiger partial charge in [0.05, 0.1) is 6.61 Å². The van der Waals surface area contributed by atoms with Gasteiger partial charge in [-0.3, -0.25) is 38.1 Å². The number of aliphatic hydroxyl groups is 3. The average molecular weight is 324 g/mol. The van der Waals surface area contributed by atoms with Crippen LogP contribution >= 0.6 is 7.82 Å². The van der Waals surface area contributed by atoms with Crippen molar-refractivity contribution in [2.75, 3.05) is 6.61 Å². The van der Waals surface area contributed by atoms with Crippen molar-refractivity contribution in [1.29, 1.82) is 0 Å². The average Bonchev–Trinajstić information content (AvgIpc) is 2.45. The van der Waals surface area contributed by atoms with Gasteiger partial charge in [0.2, 0.25) is 0 Å². The highest BCUT2D eigenvalue weighted by Gasteiger charge is 2.31. The molecule has 124 valence electrons. The molecule has 16 N–H and O–H groups in total. The molecule has 0 unspecified atom stereocenters. The van der Waals surface area contributed by atoms with Gasteiger partial charge in [-0.2, -0.15) is 0 Å². The Bertz CT molecular complexity index is 289. The van der Waals surface area contributed by atoms with Gasteiger partial charge in [-0.25, -0.2) is 10.4 Å². The van der Waals surface area contributed by atoms with E-state index in [4.69, 9.17) is 25.1 Å². The van der Waals surface area contributed by atoms with E-state index in [1.165, 1.54) is 5.43 Å². The van der Waals surface area contributed by atoms with E-state index in [2.05, 4.69) is 33.7 Å². The first-order valence-electron chi connectivity index (χ1n) is 4.60. The summed E-state index contributed by atoms with van der Waals surface area (Å²) in [5.41, 5.74) is 1.52. The van der Waals surface area contributed by atoms with E-state index >= 15 is 0 Å². The van der Waals surface area contributed by atoms with Crippen LogP contribution < -0.4 is 34.6 Å². The summed E-state index contributed by atoms with van der Waals surface area (Å²) in [5, 5.41) is 27.3. The zero-order chi connectivity index (χ0) is 16.9. The van der Waals surface area contributed by atoms with Crippen molar-refractivity contribution < 1.29 is 39.0 Å². The third-order valence-corrected chi connectivity index (χ3v) is 2.03. The molecule has 0 aromatic rings. The SMILES string of the molecule is NN.NN.NNC(=O)[C@H](O)[C@H](O)[C@H](O)COP(=O)(O)O. The molecule has 0 radical (unpaired) electrons. The molecule has 0 aliphatic rings. The second-order valence-electron chi connectivity index (χ2n) is 2.80. The van der Waals surface area contributed by atoms with E-state index < -0.39 is 38.6 Å². The standard InChI is InChI=1S/C5H13N2O8P.2H4N2/c6-7-5(11)4(10)3(9)2(8)1-15-16(12,13)14;2*1-2/h2-4,8-10H,1,6H2,(H,7,11)(H2,12,13,14);2*1-2H2/t2-,3-,4-;;/m1../s1. The lowest BCUT2D eigenvalue weighted by molar-refractivity contribution is -0.142. The first-order chi connectivity index (χ1) is 9.19. The van der Waals surface area contributed by atoms with Crippen LogP contribution in [-0.2, 0) is 13.9 Å². The van der Waals surface area contributed by atoms with Gasteiger partial charge in [-0.15, -0.1) is 0 Å². The summed E-state index contributed by atoms with van der Waals surface area (Å²) in [6, 6.07) is 0. The molecule has 0 bridgehead atoms. The fourth-order valence-corrected chi connectivity index (χ4v) is 1.07. The summed E-state index contributed by atoms with van der Waals surface area (Å²) in [6.07, 6.45) is -5.89. The van der Waals surface area contributed by atoms with Crippen LogP contribution in [0, 0.1) is 0 Å². The maximum atomic E-state index is 10.7. The molecule has 0 saturated carbocycles. The molecule has 15 heteroatoms. The molecule has 0 aliphatic heterocycles. The molecular weight excluding hydrogens is 303 g/mol. The number of carbonyl (C=O) groups excluding carboxylic acids is 1. The number of phosphoric acid groups is 1. The molecule has 0 fully saturated rings. The van der Waals surface area contributed by atoms with Crippen LogP contribution in [0.25, 0.3) is 0 Å². The number of amides is 1. The minimum absolute atomic E-state index is 0.958. The Kier molecular flexibility index (Phi) is 16.1. The van der Waals surface area contributed by atoms with Gasteiger partial charge in [0.25, 0.3) is 5.91 Å². The lowest BCUT2D eigenvalue weighted by Gasteiger charge is -2.21. The molecule has 0 rings (SSSR count). The number of rotatable bonds is 6. The number of hydrogen-bond donors (Lipinski definition) is 11. The van der Waals surface area contributed by atoms with E-state index in [1.54, 1.807) is 0 Å². The Morgan fingerprint density at radius 2 is 1.55 bits per heavy atom. The largest absolute Gasteiger partial charge is 0.469 e. The quantitative estimate of drug-likeness (QED) is 0.0938. The summed E-state index contributed by atoms with van der Waals surface area (Å²) >= 11 is 0. The van der Waals surface area contributed by atoms with Crippen molar-refractivity contribution >= 4 is 13.7 Å². The first-order valence-corrected chi connectivity index (χ1v) is 6.13. The van der Waals surface area contributed by atoms with Crippen LogP contribution in [0.4, 0.5) is 0 Å². The Morgan fingerprint density at radius 3 is 1.85 bits per heavy atom. The van der Waals surface area contributed by atoms with Gasteiger partial charge < -0.3 is 25.1 Å². The minimum atomic E-state index is -4.80. The molecule has 1 amide bonds. The fourth-order valence-electron chi connectivity index (χ4n) is 0.723. The predicted molar refractivity (Wildman–Crippen MR) is 65.1 cm³/mol. The van der Waals surface area contributed by atoms with Gasteiger partial charge in [0.15, 0.2) is 6.10 Å². The van der Waals surface area contributed by atoms with Crippen LogP contribution in [0.5, 0.6) is 0 Å². The predicted octanol–water partition coefficient (Wildman–Crippen LogP) is -6.19. The Morgan fingerprint density at radius 1 is 1.15 bits per heavy atom. The minimum Gasteiger partial charge on any atom is -0.388 e. The highest BCUT2D eigenvalue weighted by molar-refractivity contribution is 7.46. The van der Waals surface area contributed by atoms with Crippen LogP contribution in [0.3, 0.4) is 0 Å². The van der Waals surface area contributed by atoms with Crippen molar-refractivity contribution in [3.8, 4) is 0 Å². The Hall–Kier alpha value is -0.740. The van der Waals surface area contributed by atoms with Crippen molar-refractivity contribution in [3.05, 3.63) is 0 Å². The Labute approximate surface area is 113 Å². The third-order valence-electron chi connectivity index (χ3n) is 1.54. The maximum Gasteiger partial charge on any atom is 0.469 e. The third kappa shape index (κ3) is 12.3. The van der Waals surface area contributed by atoms with Crippen LogP contribution in [0.1, 0.15) is 0 Å². The summed E-state index contributed by atoms with van der Waals surface area (Å²) in [5.74, 6) is 19.5. The topological polar surface area (TPSA) is 287 Å². The molecule has 0 spiro atoms. The highest BCUT2D eigenvalue weighted by Crippen LogP contribution is 2.35. The highest BCUT2D eigenvalue weighted by atomic mass is 31.2. The van der Waals surface area contributed by atoms with Crippen LogP contribution in [0.2, 0.25) is 0 Å². The molecule has 0 aliphatic carbocycles. The van der Waals surface area contributed by atoms with Gasteiger partial charge in [0, 0.05) is 0 Å². The van der Waals surface area contributed by atoms with E-state index in [1.807, 2.05) is 0 Å². The second-order valence-corrected chi connectivity index (χ2v) is 4.04. The van der Waals surface area contributed by atoms with E-state index in [-0.39, 0.29) is 0 Å². The number of hydrazine groups is 3. The summed E-state index contributed by atoms with van der Waals surface area (Å²) < 4.78 is 14.1. The smallest absolute Gasteiger partial charge is 0.388 e. The van der Waals surface area contributed by atoms with Gasteiger partial charge >= 0.3 is 7.82 Å². The van der Waals surface area contributed by atoms with Crippen molar-refractivity contribution in [3.63, 3.8) is 0 Å². The van der Waals surface area contributed by atoms with Gasteiger partial charge in [-0.05, 0) is 0 Å². The van der Waals surface area contributed by atoms with Crippen LogP contribution in [-0.4, -0.2) is 55.9 Å². The molecule has 0 heterocycles.